The second-order valence-corrected chi connectivity index (χ2v) is 2.50. The van der Waals surface area contributed by atoms with Crippen molar-refractivity contribution in [2.24, 2.45) is 0 Å². The summed E-state index contributed by atoms with van der Waals surface area (Å²) in [7, 11) is 1.24. The standard InChI is InChI=1S/C9H7FO4/c1-14-8-2-5(4-11)7(10)3-6(8)9(12)13/h2-4H,1H3,(H,12,13). The molecule has 1 aromatic carbocycles. The van der Waals surface area contributed by atoms with Crippen LogP contribution in [0.4, 0.5) is 4.39 Å². The van der Waals surface area contributed by atoms with Crippen molar-refractivity contribution >= 4 is 12.3 Å². The van der Waals surface area contributed by atoms with Gasteiger partial charge in [0.25, 0.3) is 0 Å². The zero-order valence-corrected chi connectivity index (χ0v) is 7.28. The van der Waals surface area contributed by atoms with Gasteiger partial charge in [0, 0.05) is 0 Å². The lowest BCUT2D eigenvalue weighted by Gasteiger charge is -2.05. The van der Waals surface area contributed by atoms with E-state index in [0.29, 0.717) is 6.29 Å². The van der Waals surface area contributed by atoms with E-state index in [2.05, 4.69) is 0 Å². The third-order valence-corrected chi connectivity index (χ3v) is 1.68. The molecule has 0 aliphatic rings. The Balaban J connectivity index is 3.38. The molecule has 74 valence electrons. The fourth-order valence-corrected chi connectivity index (χ4v) is 0.995. The minimum atomic E-state index is -1.31. The molecule has 5 heteroatoms. The number of hydrogen-bond donors (Lipinski definition) is 1. The molecule has 0 aliphatic heterocycles. The summed E-state index contributed by atoms with van der Waals surface area (Å²) in [5, 5.41) is 8.65. The molecule has 0 spiro atoms. The van der Waals surface area contributed by atoms with E-state index in [1.165, 1.54) is 7.11 Å². The van der Waals surface area contributed by atoms with Crippen LogP contribution in [0, 0.1) is 5.82 Å². The molecular weight excluding hydrogens is 191 g/mol. The molecule has 0 unspecified atom stereocenters. The number of hydrogen-bond acceptors (Lipinski definition) is 3. The minimum absolute atomic E-state index is 0.0407. The Morgan fingerprint density at radius 2 is 2.21 bits per heavy atom. The van der Waals surface area contributed by atoms with E-state index in [-0.39, 0.29) is 16.9 Å². The molecule has 0 bridgehead atoms. The first kappa shape index (κ1) is 10.2. The van der Waals surface area contributed by atoms with Gasteiger partial charge in [0.15, 0.2) is 6.29 Å². The number of ether oxygens (including phenoxy) is 1. The highest BCUT2D eigenvalue weighted by Gasteiger charge is 2.15. The lowest BCUT2D eigenvalue weighted by Crippen LogP contribution is -2.03. The topological polar surface area (TPSA) is 63.6 Å². The van der Waals surface area contributed by atoms with Gasteiger partial charge in [-0.05, 0) is 12.1 Å². The maximum atomic E-state index is 13.0. The quantitative estimate of drug-likeness (QED) is 0.744. The van der Waals surface area contributed by atoms with Crippen LogP contribution in [0.5, 0.6) is 5.75 Å². The Labute approximate surface area is 78.9 Å². The van der Waals surface area contributed by atoms with Gasteiger partial charge in [0.2, 0.25) is 0 Å². The predicted molar refractivity (Wildman–Crippen MR) is 45.3 cm³/mol. The Hall–Kier alpha value is -1.91. The molecule has 1 rings (SSSR count). The van der Waals surface area contributed by atoms with Crippen LogP contribution >= 0.6 is 0 Å². The molecule has 0 saturated carbocycles. The fraction of sp³-hybridized carbons (Fsp3) is 0.111. The Morgan fingerprint density at radius 1 is 1.57 bits per heavy atom. The van der Waals surface area contributed by atoms with Gasteiger partial charge >= 0.3 is 5.97 Å². The highest BCUT2D eigenvalue weighted by Crippen LogP contribution is 2.21. The van der Waals surface area contributed by atoms with Gasteiger partial charge in [0.05, 0.1) is 12.7 Å². The maximum Gasteiger partial charge on any atom is 0.339 e. The average Bonchev–Trinajstić information content (AvgIpc) is 2.17. The zero-order valence-electron chi connectivity index (χ0n) is 7.28. The first-order valence-electron chi connectivity index (χ1n) is 3.66. The van der Waals surface area contributed by atoms with E-state index in [1.807, 2.05) is 0 Å². The van der Waals surface area contributed by atoms with Crippen LogP contribution < -0.4 is 4.74 Å². The SMILES string of the molecule is COc1cc(C=O)c(F)cc1C(=O)O. The molecule has 0 heterocycles. The third kappa shape index (κ3) is 1.71. The first-order valence-corrected chi connectivity index (χ1v) is 3.66. The van der Waals surface area contributed by atoms with Gasteiger partial charge in [-0.2, -0.15) is 0 Å². The molecule has 0 aromatic heterocycles. The molecule has 0 aliphatic carbocycles. The van der Waals surface area contributed by atoms with Gasteiger partial charge < -0.3 is 9.84 Å². The number of aldehydes is 1. The molecule has 14 heavy (non-hydrogen) atoms. The summed E-state index contributed by atoms with van der Waals surface area (Å²) in [6.07, 6.45) is 0.295. The number of carboxylic acids is 1. The van der Waals surface area contributed by atoms with Crippen molar-refractivity contribution in [3.05, 3.63) is 29.1 Å². The van der Waals surface area contributed by atoms with Crippen LogP contribution in [0.3, 0.4) is 0 Å². The fourth-order valence-electron chi connectivity index (χ4n) is 0.995. The normalized spacial score (nSPS) is 9.57. The smallest absolute Gasteiger partial charge is 0.339 e. The minimum Gasteiger partial charge on any atom is -0.496 e. The van der Waals surface area contributed by atoms with Crippen molar-refractivity contribution < 1.29 is 23.8 Å². The average molecular weight is 198 g/mol. The second kappa shape index (κ2) is 3.87. The summed E-state index contributed by atoms with van der Waals surface area (Å²) in [5.74, 6) is -2.22. The van der Waals surface area contributed by atoms with E-state index in [1.54, 1.807) is 0 Å². The summed E-state index contributed by atoms with van der Waals surface area (Å²) in [4.78, 5) is 20.9. The number of carbonyl (C=O) groups excluding carboxylic acids is 1. The number of benzene rings is 1. The lowest BCUT2D eigenvalue weighted by molar-refractivity contribution is 0.0692. The molecule has 1 aromatic rings. The van der Waals surface area contributed by atoms with E-state index >= 15 is 0 Å². The number of aromatic carboxylic acids is 1. The molecular formula is C9H7FO4. The van der Waals surface area contributed by atoms with E-state index < -0.39 is 11.8 Å². The first-order chi connectivity index (χ1) is 6.60. The molecule has 0 fully saturated rings. The number of halogens is 1. The van der Waals surface area contributed by atoms with Gasteiger partial charge in [0.1, 0.15) is 17.1 Å². The van der Waals surface area contributed by atoms with Crippen LogP contribution in [-0.2, 0) is 0 Å². The lowest BCUT2D eigenvalue weighted by atomic mass is 10.1. The zero-order chi connectivity index (χ0) is 10.7. The number of carboxylic acid groups (broad SMARTS) is 1. The van der Waals surface area contributed by atoms with Crippen molar-refractivity contribution in [1.82, 2.24) is 0 Å². The summed E-state index contributed by atoms with van der Waals surface area (Å²) in [6.45, 7) is 0. The Bertz CT molecular complexity index is 387. The molecule has 0 radical (unpaired) electrons. The van der Waals surface area contributed by atoms with E-state index in [4.69, 9.17) is 9.84 Å². The molecule has 0 saturated heterocycles. The van der Waals surface area contributed by atoms with Gasteiger partial charge in [-0.1, -0.05) is 0 Å². The Kier molecular flexibility index (Phi) is 2.81. The number of methoxy groups -OCH3 is 1. The van der Waals surface area contributed by atoms with Gasteiger partial charge in [-0.3, -0.25) is 4.79 Å². The summed E-state index contributed by atoms with van der Waals surface area (Å²) < 4.78 is 17.7. The summed E-state index contributed by atoms with van der Waals surface area (Å²) in [6, 6.07) is 1.80. The van der Waals surface area contributed by atoms with E-state index in [9.17, 15) is 14.0 Å². The molecule has 0 amide bonds. The van der Waals surface area contributed by atoms with Crippen LogP contribution in [0.25, 0.3) is 0 Å². The van der Waals surface area contributed by atoms with Crippen molar-refractivity contribution in [2.45, 2.75) is 0 Å². The van der Waals surface area contributed by atoms with E-state index in [0.717, 1.165) is 12.1 Å². The second-order valence-electron chi connectivity index (χ2n) is 2.50. The van der Waals surface area contributed by atoms with Crippen molar-refractivity contribution in [3.63, 3.8) is 0 Å². The predicted octanol–water partition coefficient (Wildman–Crippen LogP) is 1.35. The van der Waals surface area contributed by atoms with Crippen LogP contribution in [0.15, 0.2) is 12.1 Å². The molecule has 0 atom stereocenters. The number of rotatable bonds is 3. The Morgan fingerprint density at radius 3 is 2.64 bits per heavy atom. The molecule has 1 N–H and O–H groups in total. The highest BCUT2D eigenvalue weighted by atomic mass is 19.1. The largest absolute Gasteiger partial charge is 0.496 e. The summed E-state index contributed by atoms with van der Waals surface area (Å²) in [5.41, 5.74) is -0.539. The van der Waals surface area contributed by atoms with Crippen LogP contribution in [-0.4, -0.2) is 24.5 Å². The van der Waals surface area contributed by atoms with Gasteiger partial charge in [-0.15, -0.1) is 0 Å². The third-order valence-electron chi connectivity index (χ3n) is 1.68. The number of carbonyl (C=O) groups is 2. The monoisotopic (exact) mass is 198 g/mol. The maximum absolute atomic E-state index is 13.0. The van der Waals surface area contributed by atoms with Crippen LogP contribution in [0.1, 0.15) is 20.7 Å². The van der Waals surface area contributed by atoms with Crippen molar-refractivity contribution in [2.75, 3.05) is 7.11 Å². The molecule has 4 nitrogen and oxygen atoms in total. The van der Waals surface area contributed by atoms with Crippen molar-refractivity contribution in [3.8, 4) is 5.75 Å². The van der Waals surface area contributed by atoms with Gasteiger partial charge in [-0.25, -0.2) is 9.18 Å². The summed E-state index contributed by atoms with van der Waals surface area (Å²) >= 11 is 0. The van der Waals surface area contributed by atoms with Crippen LogP contribution in [0.2, 0.25) is 0 Å². The van der Waals surface area contributed by atoms with Crippen molar-refractivity contribution in [1.29, 1.82) is 0 Å². The highest BCUT2D eigenvalue weighted by molar-refractivity contribution is 5.92.